The van der Waals surface area contributed by atoms with Crippen molar-refractivity contribution in [2.75, 3.05) is 67.5 Å². The summed E-state index contributed by atoms with van der Waals surface area (Å²) in [6.45, 7) is 13.0. The number of amides is 2. The number of benzene rings is 2. The first-order valence-corrected chi connectivity index (χ1v) is 19.3. The molecule has 2 atom stereocenters. The molecule has 0 fully saturated rings. The van der Waals surface area contributed by atoms with Crippen LogP contribution in [0.4, 0.5) is 0 Å². The van der Waals surface area contributed by atoms with Gasteiger partial charge in [0.05, 0.1) is 40.3 Å². The largest absolute Gasteiger partial charge is 1.00 e. The van der Waals surface area contributed by atoms with E-state index in [2.05, 4.69) is 88.6 Å². The zero-order valence-electron chi connectivity index (χ0n) is 32.7. The molecule has 0 saturated heterocycles. The highest BCUT2D eigenvalue weighted by Crippen LogP contribution is 2.16. The van der Waals surface area contributed by atoms with Crippen LogP contribution < -0.4 is 48.0 Å². The maximum Gasteiger partial charge on any atom is 0.222 e. The Morgan fingerprint density at radius 2 is 0.820 bits per heavy atom. The zero-order valence-corrected chi connectivity index (χ0v) is 37.0. The van der Waals surface area contributed by atoms with Crippen molar-refractivity contribution in [1.82, 2.24) is 9.80 Å². The molecule has 0 heterocycles. The highest BCUT2D eigenvalue weighted by Gasteiger charge is 2.20. The molecule has 8 heteroatoms. The van der Waals surface area contributed by atoms with Gasteiger partial charge < -0.3 is 66.7 Å². The van der Waals surface area contributed by atoms with E-state index in [1.54, 1.807) is 0 Å². The minimum atomic E-state index is 0. The van der Waals surface area contributed by atoms with E-state index >= 15 is 0 Å². The third kappa shape index (κ3) is 21.3. The Bertz CT molecular complexity index is 1050. The standard InChI is InChI=1S/C42H72N4O2.2HI/c1-7-45(5,37-39-27-17-13-18-28-39)35-25-15-21-31-41(47)43(3)33-23-11-9-10-12-24-34-44(4)42(48)32-22-16-26-36-46(6,8-2)38-40-29-19-14-20-30-40;;/h13-14,17-20,27-30H,7-12,15-16,21-26,31-38H2,1-6H3;2*1H/q+2;;/p-2. The third-order valence-electron chi connectivity index (χ3n) is 10.6. The minimum Gasteiger partial charge on any atom is -1.00 e. The predicted molar refractivity (Wildman–Crippen MR) is 203 cm³/mol. The van der Waals surface area contributed by atoms with Crippen LogP contribution in [-0.4, -0.2) is 98.0 Å². The quantitative estimate of drug-likeness (QED) is 0.0788. The van der Waals surface area contributed by atoms with Gasteiger partial charge in [0.2, 0.25) is 11.8 Å². The molecule has 2 rings (SSSR count). The molecule has 286 valence electrons. The van der Waals surface area contributed by atoms with Crippen LogP contribution in [0.1, 0.15) is 115 Å². The SMILES string of the molecule is CC[N+](C)(CCCCCC(=O)N(C)CCCCCCCCN(C)C(=O)CCCCC[N+](C)(CC)Cc1ccccc1)Cc1ccccc1.[I-].[I-]. The second-order valence-corrected chi connectivity index (χ2v) is 15.0. The molecule has 0 aliphatic heterocycles. The van der Waals surface area contributed by atoms with Crippen LogP contribution in [0.5, 0.6) is 0 Å². The van der Waals surface area contributed by atoms with Crippen LogP contribution in [-0.2, 0) is 22.7 Å². The molecule has 50 heavy (non-hydrogen) atoms. The molecule has 2 amide bonds. The van der Waals surface area contributed by atoms with Crippen molar-refractivity contribution in [1.29, 1.82) is 0 Å². The van der Waals surface area contributed by atoms with Crippen molar-refractivity contribution in [3.63, 3.8) is 0 Å². The Hall–Kier alpha value is -1.24. The van der Waals surface area contributed by atoms with Crippen molar-refractivity contribution >= 4 is 11.8 Å². The van der Waals surface area contributed by atoms with Crippen LogP contribution >= 0.6 is 0 Å². The maximum absolute atomic E-state index is 12.6. The van der Waals surface area contributed by atoms with Crippen LogP contribution in [0.3, 0.4) is 0 Å². The zero-order chi connectivity index (χ0) is 35.1. The second kappa shape index (κ2) is 28.3. The summed E-state index contributed by atoms with van der Waals surface area (Å²) in [4.78, 5) is 29.1. The highest BCUT2D eigenvalue weighted by molar-refractivity contribution is 5.76. The first kappa shape index (κ1) is 48.8. The first-order valence-electron chi connectivity index (χ1n) is 19.3. The lowest BCUT2D eigenvalue weighted by molar-refractivity contribution is -0.921. The van der Waals surface area contributed by atoms with Crippen LogP contribution in [0, 0.1) is 0 Å². The molecule has 0 radical (unpaired) electrons. The Labute approximate surface area is 342 Å². The number of carbonyl (C=O) groups is 2. The van der Waals surface area contributed by atoms with E-state index in [1.807, 2.05) is 23.9 Å². The second-order valence-electron chi connectivity index (χ2n) is 15.0. The normalized spacial score (nSPS) is 13.3. The van der Waals surface area contributed by atoms with Gasteiger partial charge in [-0.25, -0.2) is 0 Å². The van der Waals surface area contributed by atoms with Crippen molar-refractivity contribution in [3.05, 3.63) is 71.8 Å². The summed E-state index contributed by atoms with van der Waals surface area (Å²) in [6, 6.07) is 21.6. The van der Waals surface area contributed by atoms with E-state index in [-0.39, 0.29) is 48.0 Å². The molecular formula is C42H72I2N4O2. The predicted octanol–water partition coefficient (Wildman–Crippen LogP) is 2.71. The van der Waals surface area contributed by atoms with E-state index in [0.717, 1.165) is 99.8 Å². The summed E-state index contributed by atoms with van der Waals surface area (Å²) in [6.07, 6.45) is 14.8. The molecule has 2 unspecified atom stereocenters. The first-order chi connectivity index (χ1) is 23.1. The van der Waals surface area contributed by atoms with Gasteiger partial charge in [-0.3, -0.25) is 9.59 Å². The molecule has 0 aliphatic rings. The Kier molecular flexibility index (Phi) is 27.6. The van der Waals surface area contributed by atoms with Gasteiger partial charge in [-0.2, -0.15) is 0 Å². The van der Waals surface area contributed by atoms with Gasteiger partial charge in [0, 0.05) is 51.2 Å². The number of rotatable bonds is 27. The third-order valence-corrected chi connectivity index (χ3v) is 10.6. The average molecular weight is 919 g/mol. The number of halogens is 2. The van der Waals surface area contributed by atoms with E-state index in [0.29, 0.717) is 24.7 Å². The van der Waals surface area contributed by atoms with E-state index in [1.165, 1.54) is 49.7 Å². The molecule has 6 nitrogen and oxygen atoms in total. The lowest BCUT2D eigenvalue weighted by atomic mass is 10.1. The van der Waals surface area contributed by atoms with Gasteiger partial charge in [0.25, 0.3) is 0 Å². The molecular weight excluding hydrogens is 846 g/mol. The van der Waals surface area contributed by atoms with E-state index in [9.17, 15) is 9.59 Å². The van der Waals surface area contributed by atoms with Crippen molar-refractivity contribution in [2.45, 2.75) is 117 Å². The number of carbonyl (C=O) groups excluding carboxylic acids is 2. The summed E-state index contributed by atoms with van der Waals surface area (Å²) >= 11 is 0. The molecule has 0 aromatic heterocycles. The molecule has 0 saturated carbocycles. The topological polar surface area (TPSA) is 40.6 Å². The molecule has 0 aliphatic carbocycles. The van der Waals surface area contributed by atoms with Gasteiger partial charge in [0.1, 0.15) is 13.1 Å². The van der Waals surface area contributed by atoms with Crippen LogP contribution in [0.15, 0.2) is 60.7 Å². The van der Waals surface area contributed by atoms with Gasteiger partial charge in [-0.1, -0.05) is 86.3 Å². The van der Waals surface area contributed by atoms with Gasteiger partial charge in [-0.15, -0.1) is 0 Å². The fourth-order valence-electron chi connectivity index (χ4n) is 6.68. The summed E-state index contributed by atoms with van der Waals surface area (Å²) in [7, 11) is 8.64. The summed E-state index contributed by atoms with van der Waals surface area (Å²) in [5.41, 5.74) is 2.80. The fourth-order valence-corrected chi connectivity index (χ4v) is 6.68. The van der Waals surface area contributed by atoms with E-state index < -0.39 is 0 Å². The lowest BCUT2D eigenvalue weighted by Gasteiger charge is -2.33. The van der Waals surface area contributed by atoms with Gasteiger partial charge in [0.15, 0.2) is 0 Å². The fraction of sp³-hybridized carbons (Fsp3) is 0.667. The average Bonchev–Trinajstić information content (AvgIpc) is 3.09. The van der Waals surface area contributed by atoms with Crippen LogP contribution in [0.2, 0.25) is 0 Å². The molecule has 0 spiro atoms. The number of quaternary nitrogens is 2. The highest BCUT2D eigenvalue weighted by atomic mass is 127. The van der Waals surface area contributed by atoms with Gasteiger partial charge in [-0.05, 0) is 65.2 Å². The van der Waals surface area contributed by atoms with Gasteiger partial charge >= 0.3 is 0 Å². The minimum absolute atomic E-state index is 0. The molecule has 0 bridgehead atoms. The summed E-state index contributed by atoms with van der Waals surface area (Å²) in [5.74, 6) is 0.586. The smallest absolute Gasteiger partial charge is 0.222 e. The monoisotopic (exact) mass is 918 g/mol. The number of hydrogen-bond donors (Lipinski definition) is 0. The number of unbranched alkanes of at least 4 members (excludes halogenated alkanes) is 9. The van der Waals surface area contributed by atoms with E-state index in [4.69, 9.17) is 0 Å². The number of hydrogen-bond acceptors (Lipinski definition) is 2. The van der Waals surface area contributed by atoms with Crippen molar-refractivity contribution in [3.8, 4) is 0 Å². The maximum atomic E-state index is 12.6. The van der Waals surface area contributed by atoms with Crippen molar-refractivity contribution in [2.24, 2.45) is 0 Å². The Morgan fingerprint density at radius 1 is 0.500 bits per heavy atom. The van der Waals surface area contributed by atoms with Crippen LogP contribution in [0.25, 0.3) is 0 Å². The Morgan fingerprint density at radius 3 is 1.16 bits per heavy atom. The lowest BCUT2D eigenvalue weighted by Crippen LogP contribution is -3.00. The summed E-state index contributed by atoms with van der Waals surface area (Å²) < 4.78 is 2.11. The Balaban J connectivity index is 0.0000120. The molecule has 2 aromatic carbocycles. The number of nitrogens with zero attached hydrogens (tertiary/aromatic N) is 4. The molecule has 0 N–H and O–H groups in total. The molecule has 2 aromatic rings. The summed E-state index contributed by atoms with van der Waals surface area (Å²) in [5, 5.41) is 0. The van der Waals surface area contributed by atoms with Crippen molar-refractivity contribution < 1.29 is 66.5 Å².